The monoisotopic (exact) mass is 286 g/mol. The topological polar surface area (TPSA) is 110 Å². The average Bonchev–Trinajstić information content (AvgIpc) is 2.77. The number of hydrogen-bond acceptors (Lipinski definition) is 5. The van der Waals surface area contributed by atoms with Crippen LogP contribution in [0.2, 0.25) is 0 Å². The van der Waals surface area contributed by atoms with Gasteiger partial charge in [0, 0.05) is 12.6 Å². The molecule has 2 N–H and O–H groups in total. The molecule has 0 atom stereocenters. The van der Waals surface area contributed by atoms with Gasteiger partial charge >= 0.3 is 11.0 Å². The largest absolute Gasteiger partial charge is 0.481 e. The molecular formula is C11H14N2O5S. The van der Waals surface area contributed by atoms with Crippen molar-refractivity contribution in [1.29, 1.82) is 0 Å². The third-order valence-electron chi connectivity index (χ3n) is 2.61. The maximum atomic E-state index is 11.7. The number of hydrogen-bond donors (Lipinski definition) is 2. The van der Waals surface area contributed by atoms with Crippen LogP contribution < -0.4 is 5.32 Å². The molecule has 1 amide bonds. The van der Waals surface area contributed by atoms with Crippen molar-refractivity contribution in [3.63, 3.8) is 0 Å². The average molecular weight is 286 g/mol. The summed E-state index contributed by atoms with van der Waals surface area (Å²) in [4.78, 5) is 32.7. The van der Waals surface area contributed by atoms with Crippen LogP contribution in [0.25, 0.3) is 0 Å². The number of carboxylic acids is 1. The molecule has 1 heterocycles. The van der Waals surface area contributed by atoms with E-state index in [-0.39, 0.29) is 22.8 Å². The van der Waals surface area contributed by atoms with Crippen molar-refractivity contribution in [3.8, 4) is 0 Å². The van der Waals surface area contributed by atoms with Gasteiger partial charge in [-0.3, -0.25) is 19.7 Å². The molecule has 1 rings (SSSR count). The lowest BCUT2D eigenvalue weighted by atomic mass is 9.90. The molecule has 0 aliphatic carbocycles. The lowest BCUT2D eigenvalue weighted by molar-refractivity contribution is -0.380. The number of nitrogens with one attached hydrogen (secondary N) is 1. The summed E-state index contributed by atoms with van der Waals surface area (Å²) in [6, 6.07) is 2.64. The summed E-state index contributed by atoms with van der Waals surface area (Å²) in [6.45, 7) is 3.33. The second-order valence-corrected chi connectivity index (χ2v) is 5.65. The van der Waals surface area contributed by atoms with E-state index < -0.39 is 22.2 Å². The SMILES string of the molecule is CC(C)(CCNC(=O)c1ccc([N+](=O)[O-])s1)C(=O)O. The van der Waals surface area contributed by atoms with Crippen LogP contribution in [0.1, 0.15) is 29.9 Å². The number of aliphatic carboxylic acids is 1. The maximum absolute atomic E-state index is 11.7. The number of amides is 1. The number of thiophene rings is 1. The number of nitro groups is 1. The van der Waals surface area contributed by atoms with Gasteiger partial charge in [0.15, 0.2) is 0 Å². The van der Waals surface area contributed by atoms with E-state index in [9.17, 15) is 19.7 Å². The van der Waals surface area contributed by atoms with Gasteiger partial charge in [-0.25, -0.2) is 0 Å². The second-order valence-electron chi connectivity index (χ2n) is 4.59. The lowest BCUT2D eigenvalue weighted by Crippen LogP contribution is -2.31. The summed E-state index contributed by atoms with van der Waals surface area (Å²) in [5.74, 6) is -1.37. The molecule has 0 fully saturated rings. The maximum Gasteiger partial charge on any atom is 0.324 e. The highest BCUT2D eigenvalue weighted by Gasteiger charge is 2.26. The van der Waals surface area contributed by atoms with Crippen molar-refractivity contribution >= 4 is 28.2 Å². The normalized spacial score (nSPS) is 11.1. The molecule has 8 heteroatoms. The van der Waals surface area contributed by atoms with Crippen molar-refractivity contribution in [2.24, 2.45) is 5.41 Å². The van der Waals surface area contributed by atoms with Gasteiger partial charge in [0.05, 0.1) is 15.2 Å². The Morgan fingerprint density at radius 2 is 2.11 bits per heavy atom. The first-order chi connectivity index (χ1) is 8.74. The Labute approximate surface area is 113 Å². The van der Waals surface area contributed by atoms with Crippen molar-refractivity contribution in [1.82, 2.24) is 5.32 Å². The molecule has 1 aromatic rings. The van der Waals surface area contributed by atoms with Gasteiger partial charge < -0.3 is 10.4 Å². The van der Waals surface area contributed by atoms with Crippen LogP contribution in [0.5, 0.6) is 0 Å². The Morgan fingerprint density at radius 1 is 1.47 bits per heavy atom. The smallest absolute Gasteiger partial charge is 0.324 e. The summed E-state index contributed by atoms with van der Waals surface area (Å²) >= 11 is 0.786. The predicted molar refractivity (Wildman–Crippen MR) is 69.3 cm³/mol. The summed E-state index contributed by atoms with van der Waals surface area (Å²) in [7, 11) is 0. The van der Waals surface area contributed by atoms with Crippen LogP contribution >= 0.6 is 11.3 Å². The molecule has 0 unspecified atom stereocenters. The summed E-state index contributed by atoms with van der Waals surface area (Å²) in [6.07, 6.45) is 0.279. The highest BCUT2D eigenvalue weighted by molar-refractivity contribution is 7.17. The van der Waals surface area contributed by atoms with E-state index in [2.05, 4.69) is 5.32 Å². The Hall–Kier alpha value is -1.96. The molecule has 0 aliphatic rings. The van der Waals surface area contributed by atoms with Crippen molar-refractivity contribution < 1.29 is 19.6 Å². The highest BCUT2D eigenvalue weighted by atomic mass is 32.1. The van der Waals surface area contributed by atoms with Crippen LogP contribution in [0.15, 0.2) is 12.1 Å². The molecule has 0 saturated heterocycles. The van der Waals surface area contributed by atoms with E-state index in [4.69, 9.17) is 5.11 Å². The van der Waals surface area contributed by atoms with E-state index >= 15 is 0 Å². The van der Waals surface area contributed by atoms with Crippen molar-refractivity contribution in [2.75, 3.05) is 6.54 Å². The molecule has 0 aromatic carbocycles. The number of carbonyl (C=O) groups is 2. The molecule has 19 heavy (non-hydrogen) atoms. The molecule has 0 aliphatic heterocycles. The van der Waals surface area contributed by atoms with Crippen LogP contribution in [0, 0.1) is 15.5 Å². The lowest BCUT2D eigenvalue weighted by Gasteiger charge is -2.18. The first-order valence-electron chi connectivity index (χ1n) is 5.50. The van der Waals surface area contributed by atoms with Gasteiger partial charge in [0.2, 0.25) is 0 Å². The van der Waals surface area contributed by atoms with Crippen LogP contribution in [0.4, 0.5) is 5.00 Å². The highest BCUT2D eigenvalue weighted by Crippen LogP contribution is 2.24. The van der Waals surface area contributed by atoms with Gasteiger partial charge in [-0.2, -0.15) is 0 Å². The van der Waals surface area contributed by atoms with Gasteiger partial charge in [0.25, 0.3) is 5.91 Å². The van der Waals surface area contributed by atoms with Gasteiger partial charge in [-0.05, 0) is 26.3 Å². The molecule has 104 valence electrons. The van der Waals surface area contributed by atoms with E-state index in [1.54, 1.807) is 13.8 Å². The Bertz CT molecular complexity index is 509. The van der Waals surface area contributed by atoms with E-state index in [0.29, 0.717) is 0 Å². The minimum atomic E-state index is -0.937. The fourth-order valence-corrected chi connectivity index (χ4v) is 1.97. The Balaban J connectivity index is 2.52. The summed E-state index contributed by atoms with van der Waals surface area (Å²) < 4.78 is 0. The zero-order valence-electron chi connectivity index (χ0n) is 10.5. The van der Waals surface area contributed by atoms with Crippen LogP contribution in [-0.4, -0.2) is 28.5 Å². The molecule has 0 saturated carbocycles. The van der Waals surface area contributed by atoms with Crippen LogP contribution in [0.3, 0.4) is 0 Å². The van der Waals surface area contributed by atoms with Gasteiger partial charge in [0.1, 0.15) is 0 Å². The zero-order chi connectivity index (χ0) is 14.6. The fraction of sp³-hybridized carbons (Fsp3) is 0.455. The van der Waals surface area contributed by atoms with Crippen LogP contribution in [-0.2, 0) is 4.79 Å². The molecular weight excluding hydrogens is 272 g/mol. The molecule has 7 nitrogen and oxygen atoms in total. The first kappa shape index (κ1) is 15.1. The molecule has 0 spiro atoms. The number of nitrogens with zero attached hydrogens (tertiary/aromatic N) is 1. The first-order valence-corrected chi connectivity index (χ1v) is 6.31. The minimum Gasteiger partial charge on any atom is -0.481 e. The fourth-order valence-electron chi connectivity index (χ4n) is 1.23. The van der Waals surface area contributed by atoms with E-state index in [0.717, 1.165) is 11.3 Å². The molecule has 1 aromatic heterocycles. The third kappa shape index (κ3) is 4.02. The van der Waals surface area contributed by atoms with Crippen molar-refractivity contribution in [3.05, 3.63) is 27.1 Å². The Morgan fingerprint density at radius 3 is 2.58 bits per heavy atom. The predicted octanol–water partition coefficient (Wildman–Crippen LogP) is 1.89. The quantitative estimate of drug-likeness (QED) is 0.613. The third-order valence-corrected chi connectivity index (χ3v) is 3.65. The Kier molecular flexibility index (Phi) is 4.60. The van der Waals surface area contributed by atoms with E-state index in [1.165, 1.54) is 12.1 Å². The summed E-state index contributed by atoms with van der Waals surface area (Å²) in [5, 5.41) is 21.8. The van der Waals surface area contributed by atoms with Gasteiger partial charge in [-0.15, -0.1) is 0 Å². The standard InChI is InChI=1S/C11H14N2O5S/c1-11(2,10(15)16)5-6-12-9(14)7-3-4-8(19-7)13(17)18/h3-4H,5-6H2,1-2H3,(H,12,14)(H,15,16). The number of carboxylic acid groups (broad SMARTS) is 1. The number of rotatable bonds is 6. The minimum absolute atomic E-state index is 0.101. The zero-order valence-corrected chi connectivity index (χ0v) is 11.3. The van der Waals surface area contributed by atoms with Gasteiger partial charge in [-0.1, -0.05) is 11.3 Å². The number of carbonyl (C=O) groups excluding carboxylic acids is 1. The molecule has 0 bridgehead atoms. The summed E-state index contributed by atoms with van der Waals surface area (Å²) in [5.41, 5.74) is -0.922. The van der Waals surface area contributed by atoms with E-state index in [1.807, 2.05) is 0 Å². The molecule has 0 radical (unpaired) electrons. The van der Waals surface area contributed by atoms with Crippen molar-refractivity contribution in [2.45, 2.75) is 20.3 Å². The second kappa shape index (κ2) is 5.79.